The molecule has 0 aliphatic heterocycles. The number of amides is 1. The summed E-state index contributed by atoms with van der Waals surface area (Å²) in [5, 5.41) is 1.62. The first-order valence-corrected chi connectivity index (χ1v) is 8.29. The predicted molar refractivity (Wildman–Crippen MR) is 83.4 cm³/mol. The second-order valence-electron chi connectivity index (χ2n) is 5.06. The van der Waals surface area contributed by atoms with Crippen LogP contribution in [-0.2, 0) is 14.8 Å². The maximum Gasteiger partial charge on any atom is 0.471 e. The summed E-state index contributed by atoms with van der Waals surface area (Å²) < 4.78 is 63.2. The number of nitrogens with zero attached hydrogens (tertiary/aromatic N) is 2. The van der Waals surface area contributed by atoms with Crippen LogP contribution >= 0.6 is 0 Å². The van der Waals surface area contributed by atoms with Crippen molar-refractivity contribution in [2.75, 3.05) is 10.0 Å². The topological polar surface area (TPSA) is 101 Å². The lowest BCUT2D eigenvalue weighted by Gasteiger charge is -2.10. The third-order valence-electron chi connectivity index (χ3n) is 2.89. The maximum atomic E-state index is 12.3. The second kappa shape index (κ2) is 6.67. The van der Waals surface area contributed by atoms with Crippen LogP contribution in [0.5, 0.6) is 0 Å². The molecule has 0 aliphatic rings. The van der Waals surface area contributed by atoms with Gasteiger partial charge in [0, 0.05) is 17.1 Å². The van der Waals surface area contributed by atoms with E-state index in [1.807, 2.05) is 0 Å². The largest absolute Gasteiger partial charge is 0.471 e. The van der Waals surface area contributed by atoms with E-state index in [4.69, 9.17) is 0 Å². The minimum absolute atomic E-state index is 0.119. The van der Waals surface area contributed by atoms with Crippen LogP contribution in [-0.4, -0.2) is 30.5 Å². The van der Waals surface area contributed by atoms with Gasteiger partial charge in [-0.3, -0.25) is 4.79 Å². The smallest absolute Gasteiger partial charge is 0.318 e. The van der Waals surface area contributed by atoms with Gasteiger partial charge in [0.05, 0.1) is 4.90 Å². The van der Waals surface area contributed by atoms with Gasteiger partial charge in [0.1, 0.15) is 0 Å². The molecule has 1 heterocycles. The summed E-state index contributed by atoms with van der Waals surface area (Å²) >= 11 is 0. The van der Waals surface area contributed by atoms with Crippen molar-refractivity contribution in [2.45, 2.75) is 24.9 Å². The standard InChI is InChI=1S/C14H13F3N4O3S/c1-8-7-9(2)19-13(18-8)21-25(23,24)11-5-3-10(4-6-11)20-12(22)14(15,16)17/h3-7H,1-2H3,(H,20,22)(H,18,19,21). The van der Waals surface area contributed by atoms with Crippen molar-refractivity contribution in [3.05, 3.63) is 41.7 Å². The molecule has 0 aliphatic carbocycles. The number of sulfonamides is 1. The van der Waals surface area contributed by atoms with Crippen molar-refractivity contribution < 1.29 is 26.4 Å². The van der Waals surface area contributed by atoms with Crippen LogP contribution in [0, 0.1) is 13.8 Å². The molecular formula is C14H13F3N4O3S. The summed E-state index contributed by atoms with van der Waals surface area (Å²) in [6, 6.07) is 5.85. The molecule has 0 fully saturated rings. The van der Waals surface area contributed by atoms with E-state index in [-0.39, 0.29) is 16.5 Å². The Morgan fingerprint density at radius 1 is 1.04 bits per heavy atom. The van der Waals surface area contributed by atoms with Gasteiger partial charge in [-0.05, 0) is 44.2 Å². The zero-order chi connectivity index (χ0) is 18.8. The van der Waals surface area contributed by atoms with E-state index in [2.05, 4.69) is 14.7 Å². The molecule has 1 aromatic carbocycles. The number of carbonyl (C=O) groups excluding carboxylic acids is 1. The zero-order valence-electron chi connectivity index (χ0n) is 13.0. The molecule has 2 rings (SSSR count). The Hall–Kier alpha value is -2.69. The van der Waals surface area contributed by atoms with E-state index in [1.165, 1.54) is 0 Å². The van der Waals surface area contributed by atoms with Crippen LogP contribution in [0.4, 0.5) is 24.8 Å². The molecule has 11 heteroatoms. The molecule has 1 amide bonds. The zero-order valence-corrected chi connectivity index (χ0v) is 13.9. The fraction of sp³-hybridized carbons (Fsp3) is 0.214. The quantitative estimate of drug-likeness (QED) is 0.856. The Morgan fingerprint density at radius 2 is 1.56 bits per heavy atom. The van der Waals surface area contributed by atoms with Crippen LogP contribution in [0.1, 0.15) is 11.4 Å². The Kier molecular flexibility index (Phi) is 4.97. The number of halogens is 3. The summed E-state index contributed by atoms with van der Waals surface area (Å²) in [5.41, 5.74) is 0.940. The lowest BCUT2D eigenvalue weighted by atomic mass is 10.3. The third kappa shape index (κ3) is 4.89. The van der Waals surface area contributed by atoms with Gasteiger partial charge in [0.15, 0.2) is 0 Å². The van der Waals surface area contributed by atoms with Gasteiger partial charge in [-0.25, -0.2) is 23.1 Å². The molecular weight excluding hydrogens is 361 g/mol. The van der Waals surface area contributed by atoms with E-state index < -0.39 is 22.1 Å². The lowest BCUT2D eigenvalue weighted by Crippen LogP contribution is -2.29. The monoisotopic (exact) mass is 374 g/mol. The van der Waals surface area contributed by atoms with Crippen molar-refractivity contribution in [3.8, 4) is 0 Å². The van der Waals surface area contributed by atoms with Crippen molar-refractivity contribution in [1.29, 1.82) is 0 Å². The van der Waals surface area contributed by atoms with Crippen LogP contribution in [0.25, 0.3) is 0 Å². The van der Waals surface area contributed by atoms with Gasteiger partial charge in [-0.15, -0.1) is 0 Å². The first-order chi connectivity index (χ1) is 11.5. The minimum atomic E-state index is -5.04. The van der Waals surface area contributed by atoms with Gasteiger partial charge in [0.25, 0.3) is 10.0 Å². The number of hydrogen-bond donors (Lipinski definition) is 2. The average Bonchev–Trinajstić information content (AvgIpc) is 2.45. The molecule has 0 saturated carbocycles. The summed E-state index contributed by atoms with van der Waals surface area (Å²) in [5.74, 6) is -2.27. The number of carbonyl (C=O) groups is 1. The fourth-order valence-electron chi connectivity index (χ4n) is 1.87. The molecule has 1 aromatic heterocycles. The number of benzene rings is 1. The van der Waals surface area contributed by atoms with Crippen LogP contribution in [0.2, 0.25) is 0 Å². The molecule has 0 atom stereocenters. The van der Waals surface area contributed by atoms with Gasteiger partial charge in [-0.2, -0.15) is 13.2 Å². The van der Waals surface area contributed by atoms with E-state index in [1.54, 1.807) is 25.2 Å². The van der Waals surface area contributed by atoms with Crippen molar-refractivity contribution in [3.63, 3.8) is 0 Å². The highest BCUT2D eigenvalue weighted by Gasteiger charge is 2.38. The summed E-state index contributed by atoms with van der Waals surface area (Å²) in [4.78, 5) is 18.5. The lowest BCUT2D eigenvalue weighted by molar-refractivity contribution is -0.167. The van der Waals surface area contributed by atoms with Crippen molar-refractivity contribution >= 4 is 27.6 Å². The molecule has 0 radical (unpaired) electrons. The van der Waals surface area contributed by atoms with Gasteiger partial charge in [-0.1, -0.05) is 0 Å². The highest BCUT2D eigenvalue weighted by atomic mass is 32.2. The number of hydrogen-bond acceptors (Lipinski definition) is 5. The van der Waals surface area contributed by atoms with E-state index in [9.17, 15) is 26.4 Å². The molecule has 0 unspecified atom stereocenters. The minimum Gasteiger partial charge on any atom is -0.318 e. The first-order valence-electron chi connectivity index (χ1n) is 6.81. The molecule has 0 bridgehead atoms. The number of aryl methyl sites for hydroxylation is 2. The third-order valence-corrected chi connectivity index (χ3v) is 4.23. The van der Waals surface area contributed by atoms with Crippen molar-refractivity contribution in [1.82, 2.24) is 9.97 Å². The number of nitrogens with one attached hydrogen (secondary N) is 2. The van der Waals surface area contributed by atoms with E-state index in [0.717, 1.165) is 24.3 Å². The number of alkyl halides is 3. The Morgan fingerprint density at radius 3 is 2.04 bits per heavy atom. The predicted octanol–water partition coefficient (Wildman–Crippen LogP) is 2.40. The molecule has 25 heavy (non-hydrogen) atoms. The van der Waals surface area contributed by atoms with E-state index >= 15 is 0 Å². The molecule has 2 aromatic rings. The molecule has 0 saturated heterocycles. The van der Waals surface area contributed by atoms with Crippen LogP contribution in [0.15, 0.2) is 35.2 Å². The fourth-order valence-corrected chi connectivity index (χ4v) is 2.81. The summed E-state index contributed by atoms with van der Waals surface area (Å²) in [6.45, 7) is 3.34. The number of anilines is 2. The van der Waals surface area contributed by atoms with Crippen molar-refractivity contribution in [2.24, 2.45) is 0 Å². The highest BCUT2D eigenvalue weighted by molar-refractivity contribution is 7.92. The Labute approximate surface area is 141 Å². The summed E-state index contributed by atoms with van der Waals surface area (Å²) in [6.07, 6.45) is -5.04. The normalized spacial score (nSPS) is 11.9. The van der Waals surface area contributed by atoms with Gasteiger partial charge < -0.3 is 5.32 Å². The first kappa shape index (κ1) is 18.6. The number of rotatable bonds is 4. The Bertz CT molecular complexity index is 876. The Balaban J connectivity index is 2.19. The molecule has 2 N–H and O–H groups in total. The number of aromatic nitrogens is 2. The molecule has 134 valence electrons. The molecule has 0 spiro atoms. The van der Waals surface area contributed by atoms with Crippen LogP contribution in [0.3, 0.4) is 0 Å². The highest BCUT2D eigenvalue weighted by Crippen LogP contribution is 2.20. The maximum absolute atomic E-state index is 12.3. The summed E-state index contributed by atoms with van der Waals surface area (Å²) in [7, 11) is -4.03. The SMILES string of the molecule is Cc1cc(C)nc(NS(=O)(=O)c2ccc(NC(=O)C(F)(F)F)cc2)n1. The van der Waals surface area contributed by atoms with Gasteiger partial charge in [0.2, 0.25) is 5.95 Å². The van der Waals surface area contributed by atoms with Crippen LogP contribution < -0.4 is 10.0 Å². The second-order valence-corrected chi connectivity index (χ2v) is 6.74. The molecule has 7 nitrogen and oxygen atoms in total. The van der Waals surface area contributed by atoms with E-state index in [0.29, 0.717) is 11.4 Å². The average molecular weight is 374 g/mol. The van der Waals surface area contributed by atoms with Gasteiger partial charge >= 0.3 is 12.1 Å².